The topological polar surface area (TPSA) is 12.0 Å². The van der Waals surface area contributed by atoms with E-state index in [9.17, 15) is 0 Å². The van der Waals surface area contributed by atoms with Crippen molar-refractivity contribution in [2.24, 2.45) is 17.8 Å². The van der Waals surface area contributed by atoms with Gasteiger partial charge in [-0.25, -0.2) is 0 Å². The Labute approximate surface area is 76.9 Å². The summed E-state index contributed by atoms with van der Waals surface area (Å²) >= 11 is 0. The molecule has 0 aliphatic heterocycles. The summed E-state index contributed by atoms with van der Waals surface area (Å²) in [5.74, 6) is 2.89. The second kappa shape index (κ2) is 4.27. The van der Waals surface area contributed by atoms with Gasteiger partial charge in [0.25, 0.3) is 0 Å². The fourth-order valence-corrected chi connectivity index (χ4v) is 1.90. The molecule has 0 bridgehead atoms. The molecule has 1 rings (SSSR count). The van der Waals surface area contributed by atoms with Crippen LogP contribution >= 0.6 is 0 Å². The molecule has 1 fully saturated rings. The highest BCUT2D eigenvalue weighted by Crippen LogP contribution is 2.38. The largest absolute Gasteiger partial charge is 0.314 e. The molecule has 0 aromatic rings. The summed E-state index contributed by atoms with van der Waals surface area (Å²) in [7, 11) is 0. The van der Waals surface area contributed by atoms with E-state index >= 15 is 0 Å². The first-order valence-corrected chi connectivity index (χ1v) is 5.33. The lowest BCUT2D eigenvalue weighted by molar-refractivity contribution is 0.137. The summed E-state index contributed by atoms with van der Waals surface area (Å²) in [6.45, 7) is 10.4. The Morgan fingerprint density at radius 2 is 1.75 bits per heavy atom. The Morgan fingerprint density at radius 1 is 1.17 bits per heavy atom. The summed E-state index contributed by atoms with van der Waals surface area (Å²) in [5, 5.41) is 3.51. The Morgan fingerprint density at radius 3 is 2.17 bits per heavy atom. The van der Waals surface area contributed by atoms with Crippen molar-refractivity contribution in [1.29, 1.82) is 0 Å². The van der Waals surface area contributed by atoms with Crippen LogP contribution in [0.1, 0.15) is 40.5 Å². The third-order valence-electron chi connectivity index (χ3n) is 3.03. The lowest BCUT2D eigenvalue weighted by Crippen LogP contribution is -2.37. The fourth-order valence-electron chi connectivity index (χ4n) is 1.90. The average molecular weight is 169 g/mol. The highest BCUT2D eigenvalue weighted by atomic mass is 14.9. The molecule has 12 heavy (non-hydrogen) atoms. The zero-order valence-electron chi connectivity index (χ0n) is 8.93. The average Bonchev–Trinajstić information content (AvgIpc) is 1.82. The smallest absolute Gasteiger partial charge is 0.00104 e. The fraction of sp³-hybridized carbons (Fsp3) is 1.00. The minimum absolute atomic E-state index is 0.656. The molecule has 1 aliphatic rings. The van der Waals surface area contributed by atoms with Gasteiger partial charge in [0.1, 0.15) is 0 Å². The Balaban J connectivity index is 2.02. The molecule has 72 valence electrons. The SMILES string of the molecule is CC(C)NCC1CC(C(C)C)C1. The molecule has 1 saturated carbocycles. The molecule has 1 nitrogen and oxygen atoms in total. The third kappa shape index (κ3) is 2.78. The monoisotopic (exact) mass is 169 g/mol. The Kier molecular flexibility index (Phi) is 3.57. The number of rotatable bonds is 4. The van der Waals surface area contributed by atoms with Crippen LogP contribution < -0.4 is 5.32 Å². The van der Waals surface area contributed by atoms with Gasteiger partial charge in [-0.1, -0.05) is 27.7 Å². The van der Waals surface area contributed by atoms with E-state index in [0.717, 1.165) is 17.8 Å². The zero-order chi connectivity index (χ0) is 9.14. The van der Waals surface area contributed by atoms with Gasteiger partial charge in [-0.15, -0.1) is 0 Å². The minimum Gasteiger partial charge on any atom is -0.314 e. The van der Waals surface area contributed by atoms with Gasteiger partial charge in [-0.3, -0.25) is 0 Å². The maximum absolute atomic E-state index is 3.51. The minimum atomic E-state index is 0.656. The van der Waals surface area contributed by atoms with E-state index in [-0.39, 0.29) is 0 Å². The normalized spacial score (nSPS) is 29.5. The van der Waals surface area contributed by atoms with E-state index in [4.69, 9.17) is 0 Å². The van der Waals surface area contributed by atoms with Crippen LogP contribution in [-0.4, -0.2) is 12.6 Å². The van der Waals surface area contributed by atoms with Crippen LogP contribution in [0, 0.1) is 17.8 Å². The molecule has 1 aliphatic carbocycles. The molecule has 0 aromatic carbocycles. The van der Waals surface area contributed by atoms with E-state index in [1.54, 1.807) is 0 Å². The van der Waals surface area contributed by atoms with E-state index in [2.05, 4.69) is 33.0 Å². The lowest BCUT2D eigenvalue weighted by Gasteiger charge is -2.38. The molecule has 0 atom stereocenters. The van der Waals surface area contributed by atoms with Gasteiger partial charge in [-0.05, 0) is 37.1 Å². The maximum Gasteiger partial charge on any atom is 0.00104 e. The predicted molar refractivity (Wildman–Crippen MR) is 54.2 cm³/mol. The van der Waals surface area contributed by atoms with Crippen LogP contribution in [0.2, 0.25) is 0 Å². The first kappa shape index (κ1) is 10.0. The molecule has 0 heterocycles. The van der Waals surface area contributed by atoms with Crippen molar-refractivity contribution in [3.05, 3.63) is 0 Å². The van der Waals surface area contributed by atoms with Crippen molar-refractivity contribution in [3.63, 3.8) is 0 Å². The lowest BCUT2D eigenvalue weighted by atomic mass is 9.69. The number of hydrogen-bond acceptors (Lipinski definition) is 1. The molecular weight excluding hydrogens is 146 g/mol. The van der Waals surface area contributed by atoms with Crippen molar-refractivity contribution >= 4 is 0 Å². The summed E-state index contributed by atoms with van der Waals surface area (Å²) in [5.41, 5.74) is 0. The van der Waals surface area contributed by atoms with Crippen LogP contribution in [0.4, 0.5) is 0 Å². The molecule has 0 radical (unpaired) electrons. The quantitative estimate of drug-likeness (QED) is 0.682. The summed E-state index contributed by atoms with van der Waals surface area (Å²) in [4.78, 5) is 0. The van der Waals surface area contributed by atoms with Crippen LogP contribution in [0.15, 0.2) is 0 Å². The first-order valence-electron chi connectivity index (χ1n) is 5.33. The van der Waals surface area contributed by atoms with Crippen LogP contribution in [-0.2, 0) is 0 Å². The molecule has 1 N–H and O–H groups in total. The third-order valence-corrected chi connectivity index (χ3v) is 3.03. The molecule has 0 spiro atoms. The Bertz CT molecular complexity index is 120. The van der Waals surface area contributed by atoms with Crippen LogP contribution in [0.5, 0.6) is 0 Å². The van der Waals surface area contributed by atoms with E-state index in [1.165, 1.54) is 19.4 Å². The van der Waals surface area contributed by atoms with Crippen molar-refractivity contribution < 1.29 is 0 Å². The summed E-state index contributed by atoms with van der Waals surface area (Å²) < 4.78 is 0. The molecule has 0 unspecified atom stereocenters. The first-order chi connectivity index (χ1) is 5.59. The van der Waals surface area contributed by atoms with Gasteiger partial charge in [0.05, 0.1) is 0 Å². The standard InChI is InChI=1S/C11H23N/c1-8(2)11-5-10(6-11)7-12-9(3)4/h8-12H,5-7H2,1-4H3. The molecule has 1 heteroatoms. The molecule has 0 aromatic heterocycles. The van der Waals surface area contributed by atoms with Gasteiger partial charge < -0.3 is 5.32 Å². The zero-order valence-corrected chi connectivity index (χ0v) is 8.93. The highest BCUT2D eigenvalue weighted by Gasteiger charge is 2.30. The van der Waals surface area contributed by atoms with Gasteiger partial charge >= 0.3 is 0 Å². The second-order valence-electron chi connectivity index (χ2n) is 4.90. The van der Waals surface area contributed by atoms with Crippen LogP contribution in [0.25, 0.3) is 0 Å². The van der Waals surface area contributed by atoms with Crippen LogP contribution in [0.3, 0.4) is 0 Å². The van der Waals surface area contributed by atoms with Gasteiger partial charge in [0.2, 0.25) is 0 Å². The van der Waals surface area contributed by atoms with Crippen molar-refractivity contribution in [3.8, 4) is 0 Å². The Hall–Kier alpha value is -0.0400. The van der Waals surface area contributed by atoms with Gasteiger partial charge in [0.15, 0.2) is 0 Å². The van der Waals surface area contributed by atoms with E-state index in [0.29, 0.717) is 6.04 Å². The van der Waals surface area contributed by atoms with E-state index in [1.807, 2.05) is 0 Å². The summed E-state index contributed by atoms with van der Waals surface area (Å²) in [6.07, 6.45) is 2.91. The maximum atomic E-state index is 3.51. The predicted octanol–water partition coefficient (Wildman–Crippen LogP) is 2.67. The second-order valence-corrected chi connectivity index (χ2v) is 4.90. The summed E-state index contributed by atoms with van der Waals surface area (Å²) in [6, 6.07) is 0.656. The van der Waals surface area contributed by atoms with Crippen molar-refractivity contribution in [2.75, 3.05) is 6.54 Å². The number of hydrogen-bond donors (Lipinski definition) is 1. The highest BCUT2D eigenvalue weighted by molar-refractivity contribution is 4.82. The van der Waals surface area contributed by atoms with Crippen molar-refractivity contribution in [2.45, 2.75) is 46.6 Å². The van der Waals surface area contributed by atoms with E-state index < -0.39 is 0 Å². The van der Waals surface area contributed by atoms with Crippen molar-refractivity contribution in [1.82, 2.24) is 5.32 Å². The molecular formula is C11H23N. The molecule has 0 amide bonds. The molecule has 0 saturated heterocycles. The van der Waals surface area contributed by atoms with Gasteiger partial charge in [-0.2, -0.15) is 0 Å². The number of nitrogens with one attached hydrogen (secondary N) is 1. The van der Waals surface area contributed by atoms with Gasteiger partial charge in [0, 0.05) is 6.04 Å².